The highest BCUT2D eigenvalue weighted by atomic mass is 16.2. The maximum Gasteiger partial charge on any atom is 0.237 e. The zero-order chi connectivity index (χ0) is 32.8. The summed E-state index contributed by atoms with van der Waals surface area (Å²) in [5, 5.41) is 8.45. The largest absolute Gasteiger partial charge is 0.397 e. The van der Waals surface area contributed by atoms with Crippen LogP contribution in [0.1, 0.15) is 36.1 Å². The van der Waals surface area contributed by atoms with Gasteiger partial charge in [0.2, 0.25) is 11.8 Å². The summed E-state index contributed by atoms with van der Waals surface area (Å²) in [7, 11) is 3.25. The van der Waals surface area contributed by atoms with Crippen LogP contribution in [0.5, 0.6) is 0 Å². The summed E-state index contributed by atoms with van der Waals surface area (Å²) in [6, 6.07) is 11.3. The molecule has 4 heterocycles. The minimum atomic E-state index is -0.563. The van der Waals surface area contributed by atoms with Crippen molar-refractivity contribution < 1.29 is 9.59 Å². The van der Waals surface area contributed by atoms with Gasteiger partial charge in [0.15, 0.2) is 0 Å². The molecule has 0 unspecified atom stereocenters. The molecule has 1 aromatic carbocycles. The molecule has 7 N–H and O–H groups in total. The Morgan fingerprint density at radius 1 is 1.07 bits per heavy atom. The number of rotatable bonds is 9. The van der Waals surface area contributed by atoms with E-state index in [0.717, 1.165) is 17.5 Å². The topological polar surface area (TPSA) is 196 Å². The van der Waals surface area contributed by atoms with E-state index in [2.05, 4.69) is 30.9 Å². The van der Waals surface area contributed by atoms with E-state index in [0.29, 0.717) is 62.9 Å². The van der Waals surface area contributed by atoms with Gasteiger partial charge in [0, 0.05) is 52.1 Å². The molecule has 1 spiro atoms. The van der Waals surface area contributed by atoms with Crippen LogP contribution in [0.15, 0.2) is 69.2 Å². The molecule has 0 aliphatic carbocycles. The third-order valence-electron chi connectivity index (χ3n) is 8.85. The summed E-state index contributed by atoms with van der Waals surface area (Å²) < 4.78 is 0. The number of pyridine rings is 1. The number of anilines is 2. The number of carbonyl (C=O) groups excluding carboxylic acids is 2. The minimum absolute atomic E-state index is 0.0121. The molecule has 3 aliphatic rings. The summed E-state index contributed by atoms with van der Waals surface area (Å²) in [6.45, 7) is 3.17. The minimum Gasteiger partial charge on any atom is -0.397 e. The molecule has 1 aromatic heterocycles. The lowest BCUT2D eigenvalue weighted by molar-refractivity contribution is -0.132. The normalized spacial score (nSPS) is 21.3. The Morgan fingerprint density at radius 2 is 1.83 bits per heavy atom. The van der Waals surface area contributed by atoms with Crippen molar-refractivity contribution in [1.82, 2.24) is 14.8 Å². The van der Waals surface area contributed by atoms with Crippen LogP contribution in [0, 0.1) is 10.8 Å². The molecule has 240 valence electrons. The molecule has 3 aliphatic heterocycles. The Kier molecular flexibility index (Phi) is 9.71. The number of amidine groups is 1. The first-order chi connectivity index (χ1) is 22.2. The third kappa shape index (κ3) is 6.74. The standard InChI is InChI=1S/C33H41N11O2/c1-38-14-9-25(34)29(36)30-26(35)7-8-27(41-30)44-18-13-33(32(44)46)12-17-42(20-33)19-28(45)43-15-10-23(11-16-43)22-3-5-24(6-4-22)31(37)40-21-39-2/h3-10,14,21,36H,11-13,15-20,34-35H2,1-2H3,(H2,37,39,40)/b25-9-,36-29?,38-14?/t33-/m0/s1. The van der Waals surface area contributed by atoms with E-state index in [1.807, 2.05) is 29.2 Å². The number of allylic oxidation sites excluding steroid dienone is 2. The number of nitrogens with two attached hydrogens (primary N) is 3. The molecule has 2 fully saturated rings. The quantitative estimate of drug-likeness (QED) is 0.241. The van der Waals surface area contributed by atoms with Gasteiger partial charge in [0.1, 0.15) is 29.4 Å². The second-order valence-electron chi connectivity index (χ2n) is 11.7. The highest BCUT2D eigenvalue weighted by molar-refractivity contribution is 6.13. The molecule has 13 nitrogen and oxygen atoms in total. The van der Waals surface area contributed by atoms with E-state index in [1.165, 1.54) is 24.2 Å². The zero-order valence-corrected chi connectivity index (χ0v) is 26.3. The lowest BCUT2D eigenvalue weighted by Crippen LogP contribution is -2.43. The average molecular weight is 624 g/mol. The number of hydrogen-bond acceptors (Lipinski definition) is 9. The number of aromatic nitrogens is 1. The molecule has 0 bridgehead atoms. The summed E-state index contributed by atoms with van der Waals surface area (Å²) >= 11 is 0. The van der Waals surface area contributed by atoms with Crippen LogP contribution in [-0.4, -0.2) is 104 Å². The Hall–Kier alpha value is -5.17. The van der Waals surface area contributed by atoms with Crippen molar-refractivity contribution in [1.29, 1.82) is 5.41 Å². The predicted octanol–water partition coefficient (Wildman–Crippen LogP) is 1.68. The van der Waals surface area contributed by atoms with Crippen LogP contribution < -0.4 is 22.1 Å². The fourth-order valence-corrected chi connectivity index (χ4v) is 6.19. The van der Waals surface area contributed by atoms with E-state index in [4.69, 9.17) is 22.6 Å². The molecule has 2 aromatic rings. The number of nitrogens with one attached hydrogen (secondary N) is 1. The fourth-order valence-electron chi connectivity index (χ4n) is 6.19. The summed E-state index contributed by atoms with van der Waals surface area (Å²) in [6.07, 6.45) is 8.64. The van der Waals surface area contributed by atoms with Gasteiger partial charge in [-0.25, -0.2) is 9.98 Å². The van der Waals surface area contributed by atoms with Crippen molar-refractivity contribution in [3.63, 3.8) is 0 Å². The van der Waals surface area contributed by atoms with Crippen LogP contribution in [0.3, 0.4) is 0 Å². The SMILES string of the molecule is CN=C/C=C(\N)C(=N)c1nc(N2CC[C@]3(CCN(CC(=O)N4CC=C(c5ccc(C(N)=NC=NC)cc5)CC4)C3)C2=O)ccc1N. The number of hydrogen-bond donors (Lipinski definition) is 4. The number of carbonyl (C=O) groups is 2. The molecular formula is C33H41N11O2. The number of likely N-dealkylation sites (tertiary alicyclic amines) is 1. The molecule has 0 radical (unpaired) electrons. The molecule has 2 saturated heterocycles. The third-order valence-corrected chi connectivity index (χ3v) is 8.85. The van der Waals surface area contributed by atoms with Crippen molar-refractivity contribution in [2.75, 3.05) is 64.0 Å². The van der Waals surface area contributed by atoms with Crippen molar-refractivity contribution in [2.45, 2.75) is 19.3 Å². The maximum atomic E-state index is 13.8. The monoisotopic (exact) mass is 623 g/mol. The van der Waals surface area contributed by atoms with Crippen molar-refractivity contribution in [2.24, 2.45) is 31.9 Å². The van der Waals surface area contributed by atoms with E-state index in [-0.39, 0.29) is 35.5 Å². The summed E-state index contributed by atoms with van der Waals surface area (Å²) in [5.74, 6) is 0.901. The Bertz CT molecular complexity index is 1660. The van der Waals surface area contributed by atoms with Gasteiger partial charge in [-0.1, -0.05) is 30.3 Å². The van der Waals surface area contributed by atoms with Crippen LogP contribution >= 0.6 is 0 Å². The summed E-state index contributed by atoms with van der Waals surface area (Å²) in [4.78, 5) is 49.0. The smallest absolute Gasteiger partial charge is 0.237 e. The Labute approximate surface area is 268 Å². The van der Waals surface area contributed by atoms with Gasteiger partial charge < -0.3 is 22.1 Å². The molecular weight excluding hydrogens is 582 g/mol. The number of amides is 2. The van der Waals surface area contributed by atoms with E-state index < -0.39 is 5.41 Å². The Balaban J connectivity index is 1.18. The second-order valence-corrected chi connectivity index (χ2v) is 11.7. The van der Waals surface area contributed by atoms with Gasteiger partial charge in [-0.2, -0.15) is 0 Å². The average Bonchev–Trinajstić information content (AvgIpc) is 3.64. The van der Waals surface area contributed by atoms with Gasteiger partial charge in [-0.3, -0.25) is 34.8 Å². The molecule has 1 atom stereocenters. The predicted molar refractivity (Wildman–Crippen MR) is 183 cm³/mol. The lowest BCUT2D eigenvalue weighted by Gasteiger charge is -2.29. The molecule has 0 saturated carbocycles. The lowest BCUT2D eigenvalue weighted by atomic mass is 9.85. The highest BCUT2D eigenvalue weighted by Crippen LogP contribution is 2.42. The van der Waals surface area contributed by atoms with E-state index >= 15 is 0 Å². The van der Waals surface area contributed by atoms with Gasteiger partial charge in [0.25, 0.3) is 0 Å². The van der Waals surface area contributed by atoms with Crippen LogP contribution in [-0.2, 0) is 9.59 Å². The number of nitrogen functional groups attached to an aromatic ring is 1. The van der Waals surface area contributed by atoms with Crippen LogP contribution in [0.2, 0.25) is 0 Å². The first-order valence-corrected chi connectivity index (χ1v) is 15.3. The summed E-state index contributed by atoms with van der Waals surface area (Å²) in [5.41, 5.74) is 21.4. The van der Waals surface area contributed by atoms with Gasteiger partial charge in [-0.05, 0) is 55.2 Å². The van der Waals surface area contributed by atoms with Crippen LogP contribution in [0.4, 0.5) is 11.5 Å². The van der Waals surface area contributed by atoms with Gasteiger partial charge >= 0.3 is 0 Å². The number of nitrogens with zero attached hydrogens (tertiary/aromatic N) is 7. The first kappa shape index (κ1) is 32.2. The molecule has 5 rings (SSSR count). The van der Waals surface area contributed by atoms with E-state index in [1.54, 1.807) is 31.1 Å². The van der Waals surface area contributed by atoms with Gasteiger partial charge in [0.05, 0.1) is 23.3 Å². The van der Waals surface area contributed by atoms with Crippen molar-refractivity contribution in [3.8, 4) is 0 Å². The zero-order valence-electron chi connectivity index (χ0n) is 26.3. The molecule has 46 heavy (non-hydrogen) atoms. The fraction of sp³-hybridized carbons (Fsp3) is 0.364. The second kappa shape index (κ2) is 13.9. The number of benzene rings is 1. The van der Waals surface area contributed by atoms with Crippen molar-refractivity contribution in [3.05, 3.63) is 71.1 Å². The maximum absolute atomic E-state index is 13.8. The molecule has 2 amide bonds. The van der Waals surface area contributed by atoms with Crippen LogP contribution in [0.25, 0.3) is 5.57 Å². The molecule has 13 heteroatoms. The Morgan fingerprint density at radius 3 is 2.52 bits per heavy atom. The number of aliphatic imine (C=N–C) groups is 3. The van der Waals surface area contributed by atoms with Crippen molar-refractivity contribution >= 4 is 53.0 Å². The van der Waals surface area contributed by atoms with E-state index in [9.17, 15) is 9.59 Å². The first-order valence-electron chi connectivity index (χ1n) is 15.3. The highest BCUT2D eigenvalue weighted by Gasteiger charge is 2.51. The van der Waals surface area contributed by atoms with Gasteiger partial charge in [-0.15, -0.1) is 0 Å².